The van der Waals surface area contributed by atoms with E-state index < -0.39 is 5.97 Å². The Balaban J connectivity index is 1.91. The van der Waals surface area contributed by atoms with Crippen LogP contribution in [0.5, 0.6) is 17.2 Å². The Bertz CT molecular complexity index is 1160. The minimum absolute atomic E-state index is 0.0537. The molecule has 0 radical (unpaired) electrons. The molecule has 25 heavy (non-hydrogen) atoms. The van der Waals surface area contributed by atoms with Gasteiger partial charge in [0.25, 0.3) is 0 Å². The van der Waals surface area contributed by atoms with Crippen molar-refractivity contribution in [1.29, 1.82) is 0 Å². The fraction of sp³-hybridized carbons (Fsp3) is 0. The second-order valence-electron chi connectivity index (χ2n) is 5.92. The van der Waals surface area contributed by atoms with Gasteiger partial charge in [-0.3, -0.25) is 4.99 Å². The molecule has 2 heterocycles. The summed E-state index contributed by atoms with van der Waals surface area (Å²) in [7, 11) is 0. The number of aliphatic imine (C=N–C) groups is 1. The van der Waals surface area contributed by atoms with Crippen LogP contribution in [0.2, 0.25) is 0 Å². The number of carbonyl (C=O) groups excluding carboxylic acids is 1. The van der Waals surface area contributed by atoms with Crippen molar-refractivity contribution < 1.29 is 19.7 Å². The van der Waals surface area contributed by atoms with Crippen LogP contribution in [-0.4, -0.2) is 22.4 Å². The summed E-state index contributed by atoms with van der Waals surface area (Å²) in [5.41, 5.74) is 3.27. The molecule has 0 aliphatic carbocycles. The van der Waals surface area contributed by atoms with Crippen molar-refractivity contribution in [3.63, 3.8) is 0 Å². The van der Waals surface area contributed by atoms with Crippen LogP contribution in [0.3, 0.4) is 0 Å². The highest BCUT2D eigenvalue weighted by Crippen LogP contribution is 2.49. The molecular formula is C20H11NO4. The molecule has 0 aromatic heterocycles. The summed E-state index contributed by atoms with van der Waals surface area (Å²) in [6.07, 6.45) is 1.65. The Morgan fingerprint density at radius 2 is 1.80 bits per heavy atom. The predicted octanol–water partition coefficient (Wildman–Crippen LogP) is 3.80. The number of benzene rings is 3. The molecule has 0 unspecified atom stereocenters. The highest BCUT2D eigenvalue weighted by Gasteiger charge is 2.34. The van der Waals surface area contributed by atoms with Crippen molar-refractivity contribution in [3.8, 4) is 17.2 Å². The topological polar surface area (TPSA) is 79.1 Å². The van der Waals surface area contributed by atoms with Crippen molar-refractivity contribution in [1.82, 2.24) is 0 Å². The highest BCUT2D eigenvalue weighted by molar-refractivity contribution is 6.41. The Hall–Kier alpha value is -3.60. The van der Waals surface area contributed by atoms with E-state index >= 15 is 0 Å². The molecule has 0 atom stereocenters. The molecular weight excluding hydrogens is 318 g/mol. The summed E-state index contributed by atoms with van der Waals surface area (Å²) in [6, 6.07) is 13.8. The third-order valence-electron chi connectivity index (χ3n) is 4.54. The number of para-hydroxylation sites is 1. The maximum absolute atomic E-state index is 12.6. The zero-order chi connectivity index (χ0) is 17.1. The molecule has 0 spiro atoms. The number of aromatic hydroxyl groups is 2. The van der Waals surface area contributed by atoms with E-state index in [0.29, 0.717) is 27.5 Å². The Labute approximate surface area is 142 Å². The third kappa shape index (κ3) is 1.77. The van der Waals surface area contributed by atoms with Crippen LogP contribution < -0.4 is 4.74 Å². The molecule has 0 amide bonds. The smallest absolute Gasteiger partial charge is 0.345 e. The maximum atomic E-state index is 12.6. The number of hydrogen-bond donors (Lipinski definition) is 2. The van der Waals surface area contributed by atoms with Gasteiger partial charge in [-0.25, -0.2) is 4.79 Å². The van der Waals surface area contributed by atoms with E-state index in [9.17, 15) is 15.0 Å². The van der Waals surface area contributed by atoms with E-state index in [-0.39, 0.29) is 17.2 Å². The van der Waals surface area contributed by atoms with Crippen molar-refractivity contribution in [2.24, 2.45) is 4.99 Å². The number of allylic oxidation sites excluding steroid dienone is 1. The first-order chi connectivity index (χ1) is 12.1. The highest BCUT2D eigenvalue weighted by atomic mass is 16.5. The van der Waals surface area contributed by atoms with Gasteiger partial charge in [0.05, 0.1) is 16.6 Å². The minimum Gasteiger partial charge on any atom is -0.507 e. The molecule has 0 saturated carbocycles. The molecule has 2 aliphatic rings. The van der Waals surface area contributed by atoms with E-state index in [4.69, 9.17) is 4.74 Å². The summed E-state index contributed by atoms with van der Waals surface area (Å²) in [4.78, 5) is 16.9. The molecule has 0 saturated heterocycles. The first-order valence-corrected chi connectivity index (χ1v) is 7.73. The van der Waals surface area contributed by atoms with E-state index in [1.165, 1.54) is 12.1 Å². The standard InChI is InChI=1S/C20H11NO4/c22-14-7-3-5-11-17(14)15(23)8-16-18(11)19(20(24)25-16)12-9-21-13-6-2-1-4-10(12)13/h1-9,22-23H/b19-12-. The average Bonchev–Trinajstić information content (AvgIpc) is 3.15. The molecule has 5 heteroatoms. The Kier molecular flexibility index (Phi) is 2.60. The summed E-state index contributed by atoms with van der Waals surface area (Å²) in [6.45, 7) is 0. The van der Waals surface area contributed by atoms with Gasteiger partial charge >= 0.3 is 5.97 Å². The number of carbonyl (C=O) groups is 1. The van der Waals surface area contributed by atoms with Crippen molar-refractivity contribution in [2.75, 3.05) is 0 Å². The molecule has 0 bridgehead atoms. The van der Waals surface area contributed by atoms with Gasteiger partial charge in [0.1, 0.15) is 17.2 Å². The number of phenolic OH excluding ortho intramolecular Hbond substituents is 2. The maximum Gasteiger partial charge on any atom is 0.345 e. The lowest BCUT2D eigenvalue weighted by Gasteiger charge is -2.09. The second kappa shape index (κ2) is 4.70. The van der Waals surface area contributed by atoms with Crippen LogP contribution in [-0.2, 0) is 4.79 Å². The summed E-state index contributed by atoms with van der Waals surface area (Å²) in [5.74, 6) is -0.405. The van der Waals surface area contributed by atoms with E-state index in [2.05, 4.69) is 4.99 Å². The molecule has 2 aliphatic heterocycles. The monoisotopic (exact) mass is 329 g/mol. The summed E-state index contributed by atoms with van der Waals surface area (Å²) < 4.78 is 5.38. The summed E-state index contributed by atoms with van der Waals surface area (Å²) in [5, 5.41) is 21.2. The van der Waals surface area contributed by atoms with Gasteiger partial charge in [0.2, 0.25) is 0 Å². The number of fused-ring (bicyclic) bond motifs is 4. The molecule has 3 aromatic rings. The first kappa shape index (κ1) is 13.8. The minimum atomic E-state index is -0.497. The number of hydrogen-bond acceptors (Lipinski definition) is 5. The van der Waals surface area contributed by atoms with Gasteiger partial charge in [-0.15, -0.1) is 0 Å². The van der Waals surface area contributed by atoms with Gasteiger partial charge in [-0.2, -0.15) is 0 Å². The molecule has 3 aromatic carbocycles. The molecule has 5 nitrogen and oxygen atoms in total. The third-order valence-corrected chi connectivity index (χ3v) is 4.54. The second-order valence-corrected chi connectivity index (χ2v) is 5.92. The van der Waals surface area contributed by atoms with Crippen molar-refractivity contribution in [2.45, 2.75) is 0 Å². The van der Waals surface area contributed by atoms with Crippen LogP contribution in [0.25, 0.3) is 21.9 Å². The van der Waals surface area contributed by atoms with Gasteiger partial charge in [0, 0.05) is 34.4 Å². The van der Waals surface area contributed by atoms with Gasteiger partial charge in [-0.1, -0.05) is 30.3 Å². The Morgan fingerprint density at radius 1 is 0.960 bits per heavy atom. The zero-order valence-corrected chi connectivity index (χ0v) is 12.9. The van der Waals surface area contributed by atoms with Crippen LogP contribution in [0.1, 0.15) is 11.1 Å². The molecule has 120 valence electrons. The zero-order valence-electron chi connectivity index (χ0n) is 12.9. The van der Waals surface area contributed by atoms with Crippen LogP contribution >= 0.6 is 0 Å². The van der Waals surface area contributed by atoms with Gasteiger partial charge < -0.3 is 14.9 Å². The largest absolute Gasteiger partial charge is 0.507 e. The number of nitrogens with zero attached hydrogens (tertiary/aromatic N) is 1. The lowest BCUT2D eigenvalue weighted by Crippen LogP contribution is -2.03. The van der Waals surface area contributed by atoms with Crippen molar-refractivity contribution >= 4 is 39.8 Å². The first-order valence-electron chi connectivity index (χ1n) is 7.73. The fourth-order valence-electron chi connectivity index (χ4n) is 3.47. The number of rotatable bonds is 0. The number of phenols is 2. The normalized spacial score (nSPS) is 17.7. The lowest BCUT2D eigenvalue weighted by atomic mass is 9.92. The van der Waals surface area contributed by atoms with E-state index in [1.54, 1.807) is 18.3 Å². The van der Waals surface area contributed by atoms with E-state index in [1.807, 2.05) is 24.3 Å². The SMILES string of the molecule is O=C1Oc2cc(O)c3c(O)cccc3c2/C1=C1\C=Nc2ccccc21. The molecule has 2 N–H and O–H groups in total. The molecule has 0 fully saturated rings. The average molecular weight is 329 g/mol. The lowest BCUT2D eigenvalue weighted by molar-refractivity contribution is -0.126. The quantitative estimate of drug-likeness (QED) is 0.373. The Morgan fingerprint density at radius 3 is 2.68 bits per heavy atom. The summed E-state index contributed by atoms with van der Waals surface area (Å²) >= 11 is 0. The predicted molar refractivity (Wildman–Crippen MR) is 94.3 cm³/mol. The number of esters is 1. The number of ether oxygens (including phenoxy) is 1. The van der Waals surface area contributed by atoms with Crippen LogP contribution in [0, 0.1) is 0 Å². The van der Waals surface area contributed by atoms with Gasteiger partial charge in [0.15, 0.2) is 0 Å². The van der Waals surface area contributed by atoms with Crippen molar-refractivity contribution in [3.05, 3.63) is 59.7 Å². The van der Waals surface area contributed by atoms with Crippen LogP contribution in [0.4, 0.5) is 5.69 Å². The van der Waals surface area contributed by atoms with Gasteiger partial charge in [-0.05, 0) is 12.1 Å². The van der Waals surface area contributed by atoms with E-state index in [0.717, 1.165) is 11.3 Å². The molecule has 5 rings (SSSR count). The fourth-order valence-corrected chi connectivity index (χ4v) is 3.47. The van der Waals surface area contributed by atoms with Crippen LogP contribution in [0.15, 0.2) is 53.5 Å².